The van der Waals surface area contributed by atoms with Gasteiger partial charge in [-0.15, -0.1) is 5.10 Å². The Hall–Kier alpha value is -2.48. The number of aromatic nitrogens is 4. The van der Waals surface area contributed by atoms with Gasteiger partial charge in [0.1, 0.15) is 0 Å². The first-order chi connectivity index (χ1) is 12.1. The summed E-state index contributed by atoms with van der Waals surface area (Å²) < 4.78 is 1.77. The van der Waals surface area contributed by atoms with Gasteiger partial charge in [-0.05, 0) is 44.1 Å². The molecule has 1 aliphatic heterocycles. The van der Waals surface area contributed by atoms with Gasteiger partial charge in [-0.3, -0.25) is 9.78 Å². The third kappa shape index (κ3) is 4.54. The highest BCUT2D eigenvalue weighted by Gasteiger charge is 2.21. The predicted octanol–water partition coefficient (Wildman–Crippen LogP) is 1.08. The number of nitrogens with one attached hydrogen (secondary N) is 1. The molecule has 0 saturated carbocycles. The fourth-order valence-corrected chi connectivity index (χ4v) is 2.88. The molecule has 0 saturated heterocycles. The maximum absolute atomic E-state index is 12.5. The first-order valence-corrected chi connectivity index (χ1v) is 8.65. The summed E-state index contributed by atoms with van der Waals surface area (Å²) in [6.07, 6.45) is 5.52. The van der Waals surface area contributed by atoms with E-state index in [2.05, 4.69) is 32.3 Å². The van der Waals surface area contributed by atoms with E-state index in [0.29, 0.717) is 12.5 Å². The molecule has 0 spiro atoms. The van der Waals surface area contributed by atoms with E-state index in [4.69, 9.17) is 0 Å². The molecule has 0 unspecified atom stereocenters. The Kier molecular flexibility index (Phi) is 5.60. The maximum atomic E-state index is 12.5. The van der Waals surface area contributed by atoms with E-state index in [-0.39, 0.29) is 11.7 Å². The highest BCUT2D eigenvalue weighted by atomic mass is 16.2. The Morgan fingerprint density at radius 1 is 1.28 bits per heavy atom. The Balaban J connectivity index is 1.44. The van der Waals surface area contributed by atoms with Crippen molar-refractivity contribution in [2.75, 3.05) is 39.0 Å². The van der Waals surface area contributed by atoms with Crippen molar-refractivity contribution in [3.63, 3.8) is 0 Å². The zero-order valence-electron chi connectivity index (χ0n) is 14.9. The van der Waals surface area contributed by atoms with Gasteiger partial charge in [-0.2, -0.15) is 4.98 Å². The lowest BCUT2D eigenvalue weighted by molar-refractivity contribution is 0.0777. The minimum absolute atomic E-state index is 0.125. The number of aryl methyl sites for hydroxylation is 1. The second kappa shape index (κ2) is 8.06. The van der Waals surface area contributed by atoms with Crippen molar-refractivity contribution in [3.8, 4) is 0 Å². The zero-order chi connectivity index (χ0) is 17.6. The van der Waals surface area contributed by atoms with Gasteiger partial charge in [0.25, 0.3) is 5.91 Å². The molecule has 2 aromatic rings. The molecule has 8 nitrogen and oxygen atoms in total. The van der Waals surface area contributed by atoms with Crippen LogP contribution < -0.4 is 5.32 Å². The van der Waals surface area contributed by atoms with Crippen LogP contribution in [0.1, 0.15) is 29.0 Å². The number of pyridine rings is 1. The molecule has 25 heavy (non-hydrogen) atoms. The summed E-state index contributed by atoms with van der Waals surface area (Å²) in [4.78, 5) is 24.7. The molecular formula is C17H25N7O. The van der Waals surface area contributed by atoms with Crippen LogP contribution in [0.2, 0.25) is 0 Å². The predicted molar refractivity (Wildman–Crippen MR) is 95.3 cm³/mol. The second-order valence-corrected chi connectivity index (χ2v) is 6.44. The van der Waals surface area contributed by atoms with E-state index in [1.165, 1.54) is 5.56 Å². The van der Waals surface area contributed by atoms with Crippen LogP contribution in [0.3, 0.4) is 0 Å². The number of hydrogen-bond acceptors (Lipinski definition) is 6. The van der Waals surface area contributed by atoms with Gasteiger partial charge in [0.2, 0.25) is 11.8 Å². The first kappa shape index (κ1) is 17.3. The summed E-state index contributed by atoms with van der Waals surface area (Å²) in [5.41, 5.74) is 1.24. The van der Waals surface area contributed by atoms with Crippen molar-refractivity contribution in [3.05, 3.63) is 35.9 Å². The molecule has 0 aromatic carbocycles. The number of amides is 1. The molecule has 2 aromatic heterocycles. The normalized spacial score (nSPS) is 13.4. The molecule has 1 aliphatic rings. The summed E-state index contributed by atoms with van der Waals surface area (Å²) in [6.45, 7) is 4.16. The molecule has 8 heteroatoms. The molecule has 0 radical (unpaired) electrons. The largest absolute Gasteiger partial charge is 0.354 e. The minimum Gasteiger partial charge on any atom is -0.354 e. The third-order valence-electron chi connectivity index (χ3n) is 4.27. The molecule has 3 heterocycles. The van der Waals surface area contributed by atoms with Crippen LogP contribution in [0, 0.1) is 0 Å². The van der Waals surface area contributed by atoms with Crippen LogP contribution in [-0.4, -0.2) is 69.2 Å². The van der Waals surface area contributed by atoms with Crippen molar-refractivity contribution in [1.82, 2.24) is 29.5 Å². The average molecular weight is 343 g/mol. The molecule has 0 fully saturated rings. The number of nitrogens with zero attached hydrogens (tertiary/aromatic N) is 6. The second-order valence-electron chi connectivity index (χ2n) is 6.44. The fourth-order valence-electron chi connectivity index (χ4n) is 2.88. The van der Waals surface area contributed by atoms with Crippen LogP contribution >= 0.6 is 0 Å². The van der Waals surface area contributed by atoms with Crippen LogP contribution in [0.5, 0.6) is 0 Å². The van der Waals surface area contributed by atoms with Crippen molar-refractivity contribution in [1.29, 1.82) is 0 Å². The number of fused-ring (bicyclic) bond motifs is 1. The van der Waals surface area contributed by atoms with E-state index >= 15 is 0 Å². The van der Waals surface area contributed by atoms with Gasteiger partial charge in [-0.1, -0.05) is 0 Å². The zero-order valence-corrected chi connectivity index (χ0v) is 14.9. The van der Waals surface area contributed by atoms with Crippen molar-refractivity contribution in [2.24, 2.45) is 0 Å². The van der Waals surface area contributed by atoms with Crippen LogP contribution in [0.25, 0.3) is 0 Å². The van der Waals surface area contributed by atoms with E-state index in [1.54, 1.807) is 16.6 Å². The summed E-state index contributed by atoms with van der Waals surface area (Å²) >= 11 is 0. The molecule has 134 valence electrons. The highest BCUT2D eigenvalue weighted by molar-refractivity contribution is 5.90. The topological polar surface area (TPSA) is 79.2 Å². The van der Waals surface area contributed by atoms with E-state index in [1.807, 2.05) is 24.5 Å². The minimum atomic E-state index is -0.125. The number of anilines is 1. The summed E-state index contributed by atoms with van der Waals surface area (Å²) in [5.74, 6) is 0.845. The molecule has 3 rings (SSSR count). The number of hydrogen-bond donors (Lipinski definition) is 1. The van der Waals surface area contributed by atoms with Gasteiger partial charge in [-0.25, -0.2) is 4.68 Å². The molecule has 1 N–H and O–H groups in total. The first-order valence-electron chi connectivity index (χ1n) is 8.65. The van der Waals surface area contributed by atoms with E-state index < -0.39 is 0 Å². The third-order valence-corrected chi connectivity index (χ3v) is 4.27. The van der Waals surface area contributed by atoms with Gasteiger partial charge in [0.05, 0.1) is 0 Å². The Bertz CT molecular complexity index is 677. The summed E-state index contributed by atoms with van der Waals surface area (Å²) in [5, 5.41) is 7.47. The number of carbonyl (C=O) groups excluding carboxylic acids is 1. The molecule has 0 aliphatic carbocycles. The Labute approximate surface area is 147 Å². The quantitative estimate of drug-likeness (QED) is 0.810. The van der Waals surface area contributed by atoms with Gasteiger partial charge in [0, 0.05) is 45.6 Å². The maximum Gasteiger partial charge on any atom is 0.293 e. The van der Waals surface area contributed by atoms with Crippen LogP contribution in [0.4, 0.5) is 5.95 Å². The van der Waals surface area contributed by atoms with E-state index in [9.17, 15) is 4.79 Å². The van der Waals surface area contributed by atoms with Gasteiger partial charge >= 0.3 is 0 Å². The SMILES string of the molecule is CN(CCCN(C)C(=O)c1nc2n(n1)CCCN2)Cc1ccncc1. The lowest BCUT2D eigenvalue weighted by Gasteiger charge is -2.19. The molecule has 0 atom stereocenters. The fraction of sp³-hybridized carbons (Fsp3) is 0.529. The van der Waals surface area contributed by atoms with Gasteiger partial charge < -0.3 is 15.1 Å². The molecule has 1 amide bonds. The highest BCUT2D eigenvalue weighted by Crippen LogP contribution is 2.12. The monoisotopic (exact) mass is 343 g/mol. The van der Waals surface area contributed by atoms with Crippen molar-refractivity contribution < 1.29 is 4.79 Å². The lowest BCUT2D eigenvalue weighted by Crippen LogP contribution is -2.31. The van der Waals surface area contributed by atoms with Crippen molar-refractivity contribution in [2.45, 2.75) is 25.9 Å². The van der Waals surface area contributed by atoms with Crippen molar-refractivity contribution >= 4 is 11.9 Å². The van der Waals surface area contributed by atoms with Gasteiger partial charge in [0.15, 0.2) is 0 Å². The standard InChI is InChI=1S/C17H25N7O/c1-22(13-14-5-8-18-9-6-14)10-4-11-23(2)16(25)15-20-17-19-7-3-12-24(17)21-15/h5-6,8-9H,3-4,7,10-13H2,1-2H3,(H,19,20,21). The molecular weight excluding hydrogens is 318 g/mol. The summed E-state index contributed by atoms with van der Waals surface area (Å²) in [6, 6.07) is 4.04. The Morgan fingerprint density at radius 2 is 2.08 bits per heavy atom. The molecule has 0 bridgehead atoms. The number of carbonyl (C=O) groups is 1. The smallest absolute Gasteiger partial charge is 0.293 e. The lowest BCUT2D eigenvalue weighted by atomic mass is 10.2. The number of rotatable bonds is 7. The summed E-state index contributed by atoms with van der Waals surface area (Å²) in [7, 11) is 3.89. The van der Waals surface area contributed by atoms with Crippen LogP contribution in [0.15, 0.2) is 24.5 Å². The average Bonchev–Trinajstić information content (AvgIpc) is 3.06. The van der Waals surface area contributed by atoms with Crippen LogP contribution in [-0.2, 0) is 13.1 Å². The Morgan fingerprint density at radius 3 is 2.84 bits per heavy atom. The van der Waals surface area contributed by atoms with E-state index in [0.717, 1.165) is 39.0 Å².